The molecule has 0 N–H and O–H groups in total. The molecule has 0 fully saturated rings. The van der Waals surface area contributed by atoms with Crippen molar-refractivity contribution < 1.29 is 14.3 Å². The van der Waals surface area contributed by atoms with Gasteiger partial charge in [0.15, 0.2) is 10.7 Å². The summed E-state index contributed by atoms with van der Waals surface area (Å²) in [7, 11) is 0. The van der Waals surface area contributed by atoms with Crippen LogP contribution in [0, 0.1) is 5.39 Å². The van der Waals surface area contributed by atoms with Crippen LogP contribution in [0.2, 0.25) is 0 Å². The molecule has 0 aliphatic rings. The third kappa shape index (κ3) is 2.39. The zero-order valence-corrected chi connectivity index (χ0v) is 6.65. The number of rotatable bonds is 3. The number of hydrogen-bond acceptors (Lipinski definition) is 5. The van der Waals surface area contributed by atoms with E-state index in [1.165, 1.54) is 6.07 Å². The van der Waals surface area contributed by atoms with Crippen molar-refractivity contribution in [3.63, 3.8) is 0 Å². The van der Waals surface area contributed by atoms with Gasteiger partial charge in [0.25, 0.3) is 0 Å². The molecule has 1 aromatic rings. The van der Waals surface area contributed by atoms with Crippen molar-refractivity contribution in [1.82, 2.24) is 0 Å². The predicted octanol–water partition coefficient (Wildman–Crippen LogP) is 1.88. The zero-order chi connectivity index (χ0) is 8.81. The lowest BCUT2D eigenvalue weighted by atomic mass is 10.3. The minimum Gasteiger partial charge on any atom is -0.578 e. The van der Waals surface area contributed by atoms with Gasteiger partial charge >= 0.3 is 5.69 Å². The van der Waals surface area contributed by atoms with Crippen molar-refractivity contribution in [2.24, 2.45) is 0 Å². The van der Waals surface area contributed by atoms with Gasteiger partial charge < -0.3 is 22.1 Å². The maximum absolute atomic E-state index is 8.36. The van der Waals surface area contributed by atoms with Crippen LogP contribution in [0.3, 0.4) is 0 Å². The topological polar surface area (TPSA) is 55.8 Å². The Labute approximate surface area is 74.0 Å². The van der Waals surface area contributed by atoms with Crippen LogP contribution in [-0.2, 0) is 22.3 Å². The Bertz CT molecular complexity index is 299. The van der Waals surface area contributed by atoms with Gasteiger partial charge in [-0.05, 0) is 11.1 Å². The molecule has 0 bridgehead atoms. The average Bonchev–Trinajstić information content (AvgIpc) is 2.15. The average molecular weight is 184 g/mol. The minimum atomic E-state index is 0.329. The maximum Gasteiger partial charge on any atom is 0.388 e. The fraction of sp³-hybridized carbons (Fsp3) is 0. The summed E-state index contributed by atoms with van der Waals surface area (Å²) in [6.07, 6.45) is 0. The van der Waals surface area contributed by atoms with E-state index in [2.05, 4.69) is 32.1 Å². The first kappa shape index (κ1) is 8.80. The highest BCUT2D eigenvalue weighted by molar-refractivity contribution is 7.52. The van der Waals surface area contributed by atoms with E-state index >= 15 is 0 Å². The summed E-state index contributed by atoms with van der Waals surface area (Å²) in [6, 6.07) is 6.23. The second-order valence-electron chi connectivity index (χ2n) is 1.82. The molecule has 0 radical (unpaired) electrons. The van der Waals surface area contributed by atoms with Crippen LogP contribution in [0.25, 0.3) is 4.98 Å². The van der Waals surface area contributed by atoms with Crippen LogP contribution in [0.5, 0.6) is 5.75 Å². The third-order valence-electron chi connectivity index (χ3n) is 1.09. The van der Waals surface area contributed by atoms with E-state index in [9.17, 15) is 0 Å². The molecular weight excluding hydrogens is 180 g/mol. The minimum absolute atomic E-state index is 0.329. The Hall–Kier alpha value is -1.29. The van der Waals surface area contributed by atoms with Gasteiger partial charge in [-0.25, -0.2) is 0 Å². The van der Waals surface area contributed by atoms with Crippen LogP contribution >= 0.6 is 0 Å². The quantitative estimate of drug-likeness (QED) is 0.310. The largest absolute Gasteiger partial charge is 0.578 e. The lowest BCUT2D eigenvalue weighted by Gasteiger charge is -2.04. The molecule has 1 rings (SSSR count). The molecule has 0 atom stereocenters. The lowest BCUT2D eigenvalue weighted by molar-refractivity contribution is -0.403. The van der Waals surface area contributed by atoms with Crippen molar-refractivity contribution in [1.29, 1.82) is 5.39 Å². The number of benzene rings is 1. The number of nitrogens with zero attached hydrogens (tertiary/aromatic N) is 2. The van der Waals surface area contributed by atoms with Gasteiger partial charge in [-0.15, -0.1) is 0 Å². The molecule has 0 saturated heterocycles. The molecule has 12 heavy (non-hydrogen) atoms. The van der Waals surface area contributed by atoms with Crippen LogP contribution < -0.4 is 4.89 Å². The molecule has 1 aromatic carbocycles. The summed E-state index contributed by atoms with van der Waals surface area (Å²) in [5.41, 5.74) is 0.348. The number of hydrogen-bond donors (Lipinski definition) is 0. The summed E-state index contributed by atoms with van der Waals surface area (Å²) < 4.78 is 3.79. The molecule has 0 amide bonds. The molecule has 0 aromatic heterocycles. The predicted molar refractivity (Wildman–Crippen MR) is 41.3 cm³/mol. The van der Waals surface area contributed by atoms with Crippen molar-refractivity contribution in [2.75, 3.05) is 0 Å². The fourth-order valence-corrected chi connectivity index (χ4v) is 0.679. The maximum atomic E-state index is 8.36. The Kier molecular flexibility index (Phi) is 3.35. The fourth-order valence-electron chi connectivity index (χ4n) is 0.651. The van der Waals surface area contributed by atoms with Gasteiger partial charge in [0.1, 0.15) is 0 Å². The summed E-state index contributed by atoms with van der Waals surface area (Å²) in [6.45, 7) is 0. The highest BCUT2D eigenvalue weighted by Crippen LogP contribution is 2.19. The molecule has 5 nitrogen and oxygen atoms in total. The summed E-state index contributed by atoms with van der Waals surface area (Å²) in [5, 5.41) is 12.4. The molecule has 0 spiro atoms. The van der Waals surface area contributed by atoms with E-state index < -0.39 is 0 Å². The van der Waals surface area contributed by atoms with Crippen LogP contribution in [0.1, 0.15) is 0 Å². The normalized spacial score (nSPS) is 9.00. The molecular formula is C6H4N2O3S. The first-order chi connectivity index (χ1) is 5.86. The summed E-state index contributed by atoms with van der Waals surface area (Å²) in [4.78, 5) is 7.44. The first-order valence-electron chi connectivity index (χ1n) is 2.95. The molecule has 0 aliphatic heterocycles. The Morgan fingerprint density at radius 3 is 2.92 bits per heavy atom. The highest BCUT2D eigenvalue weighted by Gasteiger charge is 2.05. The van der Waals surface area contributed by atoms with Crippen LogP contribution in [0.15, 0.2) is 24.3 Å². The van der Waals surface area contributed by atoms with E-state index in [1.807, 2.05) is 0 Å². The SMILES string of the molecule is N#[N+]c1cccc(OOO[S-])c1. The van der Waals surface area contributed by atoms with Crippen molar-refractivity contribution in [3.05, 3.63) is 29.2 Å². The standard InChI is InChI=1S/C6H4N2O3S/c7-8-5-2-1-3-6(4-5)9-10-11-12/h1-4H. The molecule has 0 aliphatic carbocycles. The third-order valence-corrected chi connectivity index (χ3v) is 1.15. The van der Waals surface area contributed by atoms with Gasteiger partial charge in [0.05, 0.1) is 6.07 Å². The molecule has 6 heteroatoms. The molecule has 62 valence electrons. The Morgan fingerprint density at radius 1 is 1.42 bits per heavy atom. The van der Waals surface area contributed by atoms with Crippen molar-refractivity contribution in [3.8, 4) is 5.75 Å². The monoisotopic (exact) mass is 184 g/mol. The number of diazo groups is 1. The lowest BCUT2D eigenvalue weighted by Crippen LogP contribution is -1.93. The second-order valence-corrected chi connectivity index (χ2v) is 1.95. The van der Waals surface area contributed by atoms with E-state index in [0.29, 0.717) is 11.4 Å². The Balaban J connectivity index is 2.68. The summed E-state index contributed by atoms with van der Waals surface area (Å²) >= 11 is 3.99. The highest BCUT2D eigenvalue weighted by atomic mass is 32.1. The second kappa shape index (κ2) is 4.56. The van der Waals surface area contributed by atoms with Gasteiger partial charge in [0, 0.05) is 6.07 Å². The smallest absolute Gasteiger partial charge is 0.388 e. The van der Waals surface area contributed by atoms with Gasteiger partial charge in [-0.3, -0.25) is 0 Å². The van der Waals surface area contributed by atoms with E-state index in [-0.39, 0.29) is 0 Å². The van der Waals surface area contributed by atoms with Crippen LogP contribution in [-0.4, -0.2) is 0 Å². The van der Waals surface area contributed by atoms with Crippen molar-refractivity contribution >= 4 is 18.6 Å². The van der Waals surface area contributed by atoms with Gasteiger partial charge in [-0.1, -0.05) is 6.07 Å². The molecule has 0 heterocycles. The van der Waals surface area contributed by atoms with Crippen molar-refractivity contribution in [2.45, 2.75) is 0 Å². The van der Waals surface area contributed by atoms with Gasteiger partial charge in [0.2, 0.25) is 5.39 Å². The first-order valence-corrected chi connectivity index (χ1v) is 3.28. The van der Waals surface area contributed by atoms with E-state index in [1.54, 1.807) is 18.2 Å². The van der Waals surface area contributed by atoms with E-state index in [0.717, 1.165) is 0 Å². The van der Waals surface area contributed by atoms with E-state index in [4.69, 9.17) is 5.39 Å². The van der Waals surface area contributed by atoms with Crippen LogP contribution in [0.4, 0.5) is 5.69 Å². The summed E-state index contributed by atoms with van der Waals surface area (Å²) in [5.74, 6) is 0.329. The van der Waals surface area contributed by atoms with Gasteiger partial charge in [-0.2, -0.15) is 0 Å². The Morgan fingerprint density at radius 2 is 2.25 bits per heavy atom. The zero-order valence-electron chi connectivity index (χ0n) is 5.84. The molecule has 0 saturated carbocycles. The molecule has 0 unspecified atom stereocenters.